The smallest absolute Gasteiger partial charge is 0.277 e. The quantitative estimate of drug-likeness (QED) is 0.865. The maximum atomic E-state index is 11.9. The summed E-state index contributed by atoms with van der Waals surface area (Å²) in [5, 5.41) is 6.07. The lowest BCUT2D eigenvalue weighted by molar-refractivity contribution is 0.102. The van der Waals surface area contributed by atoms with Crippen LogP contribution in [-0.4, -0.2) is 31.8 Å². The van der Waals surface area contributed by atoms with Crippen LogP contribution in [0.3, 0.4) is 0 Å². The monoisotopic (exact) mass is 264 g/mol. The van der Waals surface area contributed by atoms with Gasteiger partial charge >= 0.3 is 0 Å². The van der Waals surface area contributed by atoms with Gasteiger partial charge in [0.05, 0.1) is 12.4 Å². The highest BCUT2D eigenvalue weighted by atomic mass is 32.1. The standard InChI is InChI=1S/C10H12N6OS/c1-3-12-8-5-11-4-7(14-8)9(17)15-10-13-6(2)16-18-10/h4-5H,3H2,1-2H3,(H,12,14)(H,13,15,16,17). The van der Waals surface area contributed by atoms with Gasteiger partial charge in [0.2, 0.25) is 5.13 Å². The van der Waals surface area contributed by atoms with E-state index in [1.165, 1.54) is 6.20 Å². The Labute approximate surface area is 108 Å². The number of rotatable bonds is 4. The first-order valence-corrected chi connectivity index (χ1v) is 6.14. The van der Waals surface area contributed by atoms with Gasteiger partial charge in [0.25, 0.3) is 5.91 Å². The van der Waals surface area contributed by atoms with Crippen molar-refractivity contribution >= 4 is 28.4 Å². The molecule has 0 saturated carbocycles. The highest BCUT2D eigenvalue weighted by Gasteiger charge is 2.11. The van der Waals surface area contributed by atoms with Crippen molar-refractivity contribution in [3.8, 4) is 0 Å². The third-order valence-electron chi connectivity index (χ3n) is 1.97. The number of aromatic nitrogens is 4. The molecule has 2 N–H and O–H groups in total. The van der Waals surface area contributed by atoms with Crippen LogP contribution in [0.2, 0.25) is 0 Å². The largest absolute Gasteiger partial charge is 0.369 e. The van der Waals surface area contributed by atoms with E-state index in [1.807, 2.05) is 6.92 Å². The summed E-state index contributed by atoms with van der Waals surface area (Å²) in [4.78, 5) is 24.0. The molecule has 0 atom stereocenters. The van der Waals surface area contributed by atoms with E-state index in [4.69, 9.17) is 0 Å². The number of hydrogen-bond donors (Lipinski definition) is 2. The summed E-state index contributed by atoms with van der Waals surface area (Å²) in [5.41, 5.74) is 0.237. The molecule has 7 nitrogen and oxygen atoms in total. The third kappa shape index (κ3) is 2.98. The minimum absolute atomic E-state index is 0.237. The van der Waals surface area contributed by atoms with Gasteiger partial charge in [-0.3, -0.25) is 15.1 Å². The molecular weight excluding hydrogens is 252 g/mol. The summed E-state index contributed by atoms with van der Waals surface area (Å²) < 4.78 is 3.98. The van der Waals surface area contributed by atoms with E-state index in [1.54, 1.807) is 13.1 Å². The zero-order chi connectivity index (χ0) is 13.0. The number of nitrogens with one attached hydrogen (secondary N) is 2. The minimum atomic E-state index is -0.349. The predicted molar refractivity (Wildman–Crippen MR) is 68.8 cm³/mol. The molecule has 2 heterocycles. The molecule has 0 aliphatic rings. The van der Waals surface area contributed by atoms with Gasteiger partial charge in [0, 0.05) is 18.1 Å². The Kier molecular flexibility index (Phi) is 3.78. The van der Waals surface area contributed by atoms with Crippen molar-refractivity contribution < 1.29 is 4.79 Å². The summed E-state index contributed by atoms with van der Waals surface area (Å²) >= 11 is 1.13. The highest BCUT2D eigenvalue weighted by Crippen LogP contribution is 2.11. The van der Waals surface area contributed by atoms with Crippen molar-refractivity contribution in [1.82, 2.24) is 19.3 Å². The van der Waals surface area contributed by atoms with Crippen LogP contribution in [-0.2, 0) is 0 Å². The molecule has 0 aromatic carbocycles. The van der Waals surface area contributed by atoms with Crippen molar-refractivity contribution in [2.75, 3.05) is 17.2 Å². The number of carbonyl (C=O) groups excluding carboxylic acids is 1. The fourth-order valence-corrected chi connectivity index (χ4v) is 1.82. The summed E-state index contributed by atoms with van der Waals surface area (Å²) in [6.45, 7) is 4.42. The average molecular weight is 264 g/mol. The Morgan fingerprint density at radius 3 is 2.89 bits per heavy atom. The van der Waals surface area contributed by atoms with E-state index in [-0.39, 0.29) is 11.6 Å². The van der Waals surface area contributed by atoms with Crippen LogP contribution < -0.4 is 10.6 Å². The average Bonchev–Trinajstić information content (AvgIpc) is 2.75. The fraction of sp³-hybridized carbons (Fsp3) is 0.300. The Balaban J connectivity index is 2.11. The van der Waals surface area contributed by atoms with Crippen LogP contribution >= 0.6 is 11.5 Å². The maximum Gasteiger partial charge on any atom is 0.277 e. The molecule has 2 rings (SSSR count). The van der Waals surface area contributed by atoms with Gasteiger partial charge in [-0.15, -0.1) is 0 Å². The van der Waals surface area contributed by atoms with Gasteiger partial charge in [0.1, 0.15) is 17.3 Å². The summed E-state index contributed by atoms with van der Waals surface area (Å²) in [7, 11) is 0. The van der Waals surface area contributed by atoms with Crippen molar-refractivity contribution in [2.24, 2.45) is 0 Å². The van der Waals surface area contributed by atoms with E-state index in [0.29, 0.717) is 16.8 Å². The molecule has 18 heavy (non-hydrogen) atoms. The maximum absolute atomic E-state index is 11.9. The summed E-state index contributed by atoms with van der Waals surface area (Å²) in [6.07, 6.45) is 2.97. The number of hydrogen-bond acceptors (Lipinski definition) is 7. The Morgan fingerprint density at radius 2 is 2.22 bits per heavy atom. The lowest BCUT2D eigenvalue weighted by Gasteiger charge is -2.04. The molecule has 1 amide bonds. The number of aryl methyl sites for hydroxylation is 1. The van der Waals surface area contributed by atoms with Gasteiger partial charge in [-0.2, -0.15) is 4.37 Å². The third-order valence-corrected chi connectivity index (χ3v) is 2.69. The van der Waals surface area contributed by atoms with Crippen LogP contribution in [0.5, 0.6) is 0 Å². The molecule has 0 fully saturated rings. The summed E-state index contributed by atoms with van der Waals surface area (Å²) in [6, 6.07) is 0. The molecular formula is C10H12N6OS. The molecule has 0 radical (unpaired) electrons. The molecule has 0 aliphatic carbocycles. The lowest BCUT2D eigenvalue weighted by Crippen LogP contribution is -2.15. The molecule has 0 bridgehead atoms. The second kappa shape index (κ2) is 5.50. The predicted octanol–water partition coefficient (Wildman–Crippen LogP) is 1.32. The molecule has 8 heteroatoms. The summed E-state index contributed by atoms with van der Waals surface area (Å²) in [5.74, 6) is 0.847. The second-order valence-corrected chi connectivity index (χ2v) is 4.17. The van der Waals surface area contributed by atoms with Crippen molar-refractivity contribution in [3.05, 3.63) is 23.9 Å². The van der Waals surface area contributed by atoms with E-state index < -0.39 is 0 Å². The second-order valence-electron chi connectivity index (χ2n) is 3.42. The van der Waals surface area contributed by atoms with Crippen molar-refractivity contribution in [3.63, 3.8) is 0 Å². The normalized spacial score (nSPS) is 10.1. The van der Waals surface area contributed by atoms with Gasteiger partial charge < -0.3 is 5.32 Å². The van der Waals surface area contributed by atoms with E-state index in [9.17, 15) is 4.79 Å². The first-order valence-electron chi connectivity index (χ1n) is 5.36. The number of carbonyl (C=O) groups is 1. The van der Waals surface area contributed by atoms with Gasteiger partial charge in [-0.1, -0.05) is 0 Å². The molecule has 0 aliphatic heterocycles. The molecule has 94 valence electrons. The van der Waals surface area contributed by atoms with Crippen LogP contribution in [0.4, 0.5) is 10.9 Å². The van der Waals surface area contributed by atoms with E-state index in [0.717, 1.165) is 18.1 Å². The van der Waals surface area contributed by atoms with Gasteiger partial charge in [0.15, 0.2) is 0 Å². The van der Waals surface area contributed by atoms with Crippen LogP contribution in [0, 0.1) is 6.92 Å². The first kappa shape index (κ1) is 12.4. The SMILES string of the molecule is CCNc1cncc(C(=O)Nc2nc(C)ns2)n1. The Hall–Kier alpha value is -2.09. The van der Waals surface area contributed by atoms with Gasteiger partial charge in [-0.25, -0.2) is 9.97 Å². The van der Waals surface area contributed by atoms with Crippen molar-refractivity contribution in [1.29, 1.82) is 0 Å². The van der Waals surface area contributed by atoms with Crippen molar-refractivity contribution in [2.45, 2.75) is 13.8 Å². The van der Waals surface area contributed by atoms with Crippen LogP contribution in [0.25, 0.3) is 0 Å². The first-order chi connectivity index (χ1) is 8.69. The van der Waals surface area contributed by atoms with Gasteiger partial charge in [-0.05, 0) is 13.8 Å². The van der Waals surface area contributed by atoms with E-state index >= 15 is 0 Å². The lowest BCUT2D eigenvalue weighted by atomic mass is 10.4. The molecule has 0 spiro atoms. The fourth-order valence-electron chi connectivity index (χ4n) is 1.25. The molecule has 2 aromatic heterocycles. The number of anilines is 2. The number of nitrogens with zero attached hydrogens (tertiary/aromatic N) is 4. The molecule has 2 aromatic rings. The topological polar surface area (TPSA) is 92.7 Å². The molecule has 0 saturated heterocycles. The van der Waals surface area contributed by atoms with E-state index in [2.05, 4.69) is 30.0 Å². The highest BCUT2D eigenvalue weighted by molar-refractivity contribution is 7.09. The Bertz CT molecular complexity index is 555. The zero-order valence-electron chi connectivity index (χ0n) is 9.97. The zero-order valence-corrected chi connectivity index (χ0v) is 10.8. The van der Waals surface area contributed by atoms with Crippen LogP contribution in [0.15, 0.2) is 12.4 Å². The number of amides is 1. The molecule has 0 unspecified atom stereocenters. The minimum Gasteiger partial charge on any atom is -0.369 e. The van der Waals surface area contributed by atoms with Crippen LogP contribution in [0.1, 0.15) is 23.2 Å². The Morgan fingerprint density at radius 1 is 1.39 bits per heavy atom.